The van der Waals surface area contributed by atoms with Crippen molar-refractivity contribution in [1.29, 1.82) is 0 Å². The van der Waals surface area contributed by atoms with Gasteiger partial charge in [0, 0.05) is 56.2 Å². The smallest absolute Gasteiger partial charge is 0.321 e. The predicted octanol–water partition coefficient (Wildman–Crippen LogP) is 4.55. The summed E-state index contributed by atoms with van der Waals surface area (Å²) in [7, 11) is -3.14. The topological polar surface area (TPSA) is 73.0 Å². The molecule has 0 radical (unpaired) electrons. The van der Waals surface area contributed by atoms with E-state index < -0.39 is 9.84 Å². The fraction of sp³-hybridized carbons (Fsp3) is 0.536. The minimum Gasteiger partial charge on any atom is -0.322 e. The molecule has 0 unspecified atom stereocenters. The molecule has 7 nitrogen and oxygen atoms in total. The number of aryl methyl sites for hydroxylation is 2. The van der Waals surface area contributed by atoms with Gasteiger partial charge in [0.25, 0.3) is 0 Å². The molecule has 1 N–H and O–H groups in total. The number of urea groups is 1. The molecule has 4 rings (SSSR count). The summed E-state index contributed by atoms with van der Waals surface area (Å²) in [5.74, 6) is 0.665. The largest absolute Gasteiger partial charge is 0.322 e. The van der Waals surface area contributed by atoms with Crippen LogP contribution in [0.1, 0.15) is 30.4 Å². The molecule has 2 aromatic rings. The zero-order chi connectivity index (χ0) is 26.4. The van der Waals surface area contributed by atoms with Crippen LogP contribution in [0.25, 0.3) is 0 Å². The van der Waals surface area contributed by atoms with Gasteiger partial charge in [0.2, 0.25) is 0 Å². The van der Waals surface area contributed by atoms with Gasteiger partial charge < -0.3 is 15.1 Å². The zero-order valence-corrected chi connectivity index (χ0v) is 23.5. The Morgan fingerprint density at radius 2 is 1.76 bits per heavy atom. The fourth-order valence-electron chi connectivity index (χ4n) is 5.29. The maximum Gasteiger partial charge on any atom is 0.321 e. The van der Waals surface area contributed by atoms with E-state index in [1.54, 1.807) is 18.2 Å². The average Bonchev–Trinajstić information content (AvgIpc) is 2.87. The van der Waals surface area contributed by atoms with Crippen LogP contribution in [-0.2, 0) is 16.3 Å². The number of carbonyl (C=O) groups is 1. The number of piperidine rings is 1. The van der Waals surface area contributed by atoms with Crippen LogP contribution in [0.15, 0.2) is 47.4 Å². The molecule has 0 spiro atoms. The lowest BCUT2D eigenvalue weighted by atomic mass is 9.96. The Morgan fingerprint density at radius 3 is 2.43 bits per heavy atom. The van der Waals surface area contributed by atoms with Gasteiger partial charge in [0.05, 0.1) is 4.90 Å². The lowest BCUT2D eigenvalue weighted by Crippen LogP contribution is -2.52. The molecule has 0 bridgehead atoms. The molecule has 2 aromatic carbocycles. The Balaban J connectivity index is 1.16. The maximum absolute atomic E-state index is 12.7. The van der Waals surface area contributed by atoms with Crippen molar-refractivity contribution < 1.29 is 13.2 Å². The highest BCUT2D eigenvalue weighted by Crippen LogP contribution is 2.22. The standard InChI is InChI=1S/C28H39ClN4O3S/c1-22-7-10-25(19-27(22)29)30-28(34)33-17-15-32(16-18-33)21-24-6-4-14-31(20-24)13-3-5-23-8-11-26(12-9-23)37(2,35)36/h7-12,19,24H,3-6,13-18,20-21H2,1-2H3,(H,30,34)/t24-/m1/s1. The molecule has 2 aliphatic rings. The molecule has 2 aliphatic heterocycles. The average molecular weight is 547 g/mol. The van der Waals surface area contributed by atoms with Crippen molar-refractivity contribution in [2.45, 2.75) is 37.5 Å². The normalized spacial score (nSPS) is 19.6. The molecule has 0 aliphatic carbocycles. The number of nitrogens with zero attached hydrogens (tertiary/aromatic N) is 3. The molecular formula is C28H39ClN4O3S. The van der Waals surface area contributed by atoms with Crippen LogP contribution in [0.5, 0.6) is 0 Å². The number of likely N-dealkylation sites (tertiary alicyclic amines) is 1. The van der Waals surface area contributed by atoms with Gasteiger partial charge in [-0.25, -0.2) is 13.2 Å². The van der Waals surface area contributed by atoms with Crippen LogP contribution in [0.3, 0.4) is 0 Å². The third-order valence-corrected chi connectivity index (χ3v) is 9.03. The Labute approximate surface area is 226 Å². The molecule has 0 aromatic heterocycles. The van der Waals surface area contributed by atoms with Crippen LogP contribution >= 0.6 is 11.6 Å². The van der Waals surface area contributed by atoms with E-state index in [9.17, 15) is 13.2 Å². The SMILES string of the molecule is Cc1ccc(NC(=O)N2CCN(C[C@@H]3CCCN(CCCc4ccc(S(C)(=O)=O)cc4)C3)CC2)cc1Cl. The lowest BCUT2D eigenvalue weighted by molar-refractivity contribution is 0.101. The van der Waals surface area contributed by atoms with Crippen molar-refractivity contribution >= 4 is 33.2 Å². The van der Waals surface area contributed by atoms with Gasteiger partial charge in [-0.1, -0.05) is 29.8 Å². The monoisotopic (exact) mass is 546 g/mol. The molecular weight excluding hydrogens is 508 g/mol. The summed E-state index contributed by atoms with van der Waals surface area (Å²) >= 11 is 6.19. The summed E-state index contributed by atoms with van der Waals surface area (Å²) in [6.45, 7) is 9.67. The number of sulfone groups is 1. The van der Waals surface area contributed by atoms with Gasteiger partial charge in [-0.3, -0.25) is 4.90 Å². The Hall–Kier alpha value is -2.13. The third kappa shape index (κ3) is 8.18. The van der Waals surface area contributed by atoms with Crippen LogP contribution < -0.4 is 5.32 Å². The molecule has 37 heavy (non-hydrogen) atoms. The minimum atomic E-state index is -3.14. The first kappa shape index (κ1) is 27.9. The number of anilines is 1. The van der Waals surface area contributed by atoms with Crippen molar-refractivity contribution in [3.8, 4) is 0 Å². The highest BCUT2D eigenvalue weighted by atomic mass is 35.5. The maximum atomic E-state index is 12.7. The fourth-order valence-corrected chi connectivity index (χ4v) is 6.10. The summed E-state index contributed by atoms with van der Waals surface area (Å²) in [6.07, 6.45) is 5.78. The molecule has 0 saturated carbocycles. The summed E-state index contributed by atoms with van der Waals surface area (Å²) in [5.41, 5.74) is 2.92. The summed E-state index contributed by atoms with van der Waals surface area (Å²) in [6, 6.07) is 12.8. The number of halogens is 1. The van der Waals surface area contributed by atoms with E-state index in [1.165, 1.54) is 24.7 Å². The molecule has 2 heterocycles. The molecule has 202 valence electrons. The number of benzene rings is 2. The molecule has 1 atom stereocenters. The molecule has 2 saturated heterocycles. The van der Waals surface area contributed by atoms with Crippen molar-refractivity contribution in [2.75, 3.05) is 63.9 Å². The van der Waals surface area contributed by atoms with E-state index in [2.05, 4.69) is 15.1 Å². The van der Waals surface area contributed by atoms with E-state index in [4.69, 9.17) is 11.6 Å². The number of hydrogen-bond donors (Lipinski definition) is 1. The number of hydrogen-bond acceptors (Lipinski definition) is 5. The second kappa shape index (κ2) is 12.6. The molecule has 2 fully saturated rings. The van der Waals surface area contributed by atoms with Crippen molar-refractivity contribution in [1.82, 2.24) is 14.7 Å². The molecule has 2 amide bonds. The number of piperazine rings is 1. The van der Waals surface area contributed by atoms with Gasteiger partial charge in [-0.05, 0) is 87.0 Å². The number of carbonyl (C=O) groups excluding carboxylic acids is 1. The van der Waals surface area contributed by atoms with E-state index in [-0.39, 0.29) is 6.03 Å². The van der Waals surface area contributed by atoms with Crippen LogP contribution in [0.4, 0.5) is 10.5 Å². The Morgan fingerprint density at radius 1 is 1.03 bits per heavy atom. The van der Waals surface area contributed by atoms with Crippen molar-refractivity contribution in [3.63, 3.8) is 0 Å². The van der Waals surface area contributed by atoms with Gasteiger partial charge in [-0.2, -0.15) is 0 Å². The first-order valence-electron chi connectivity index (χ1n) is 13.2. The second-order valence-corrected chi connectivity index (χ2v) is 12.9. The summed E-state index contributed by atoms with van der Waals surface area (Å²) in [5, 5.41) is 3.63. The van der Waals surface area contributed by atoms with E-state index in [0.29, 0.717) is 15.8 Å². The number of amides is 2. The van der Waals surface area contributed by atoms with Crippen LogP contribution in [0.2, 0.25) is 5.02 Å². The van der Waals surface area contributed by atoms with Crippen LogP contribution in [0, 0.1) is 12.8 Å². The summed E-state index contributed by atoms with van der Waals surface area (Å²) in [4.78, 5) is 20.0. The number of rotatable bonds is 8. The van der Waals surface area contributed by atoms with Crippen molar-refractivity contribution in [3.05, 3.63) is 58.6 Å². The Kier molecular flexibility index (Phi) is 9.51. The van der Waals surface area contributed by atoms with Gasteiger partial charge in [-0.15, -0.1) is 0 Å². The molecule has 9 heteroatoms. The first-order valence-corrected chi connectivity index (χ1v) is 15.5. The zero-order valence-electron chi connectivity index (χ0n) is 22.0. The van der Waals surface area contributed by atoms with E-state index >= 15 is 0 Å². The highest BCUT2D eigenvalue weighted by molar-refractivity contribution is 7.90. The van der Waals surface area contributed by atoms with Gasteiger partial charge in [0.15, 0.2) is 9.84 Å². The quantitative estimate of drug-likeness (QED) is 0.526. The van der Waals surface area contributed by atoms with E-state index in [0.717, 1.165) is 76.5 Å². The second-order valence-electron chi connectivity index (χ2n) is 10.5. The highest BCUT2D eigenvalue weighted by Gasteiger charge is 2.26. The number of nitrogens with one attached hydrogen (secondary N) is 1. The summed E-state index contributed by atoms with van der Waals surface area (Å²) < 4.78 is 23.3. The first-order chi connectivity index (χ1) is 17.7. The van der Waals surface area contributed by atoms with Crippen molar-refractivity contribution in [2.24, 2.45) is 5.92 Å². The Bertz CT molecular complexity index is 1160. The van der Waals surface area contributed by atoms with E-state index in [1.807, 2.05) is 36.1 Å². The lowest BCUT2D eigenvalue weighted by Gasteiger charge is -2.39. The van der Waals surface area contributed by atoms with Gasteiger partial charge in [0.1, 0.15) is 0 Å². The van der Waals surface area contributed by atoms with Crippen LogP contribution in [-0.4, -0.2) is 87.8 Å². The van der Waals surface area contributed by atoms with Gasteiger partial charge >= 0.3 is 6.03 Å². The predicted molar refractivity (Wildman–Crippen MR) is 150 cm³/mol. The third-order valence-electron chi connectivity index (χ3n) is 7.49. The minimum absolute atomic E-state index is 0.0608.